The number of carbonyl (C=O) groups is 1. The summed E-state index contributed by atoms with van der Waals surface area (Å²) in [5.41, 5.74) is 0.922. The number of carbonyl (C=O) groups excluding carboxylic acids is 1. The second kappa shape index (κ2) is 7.83. The second-order valence-corrected chi connectivity index (χ2v) is 6.34. The molecule has 1 N–H and O–H groups in total. The molecule has 0 bridgehead atoms. The summed E-state index contributed by atoms with van der Waals surface area (Å²) in [6.45, 7) is 3.70. The lowest BCUT2D eigenvalue weighted by atomic mass is 9.94. The standard InChI is InChI=1S/C20H22F3NO/c1-13(2)19(25)18(24-3)12-14-8-10-15(11-9-14)16-6-4-5-7-17(16)20(21,22)23/h4-11,13,18,24H,12H2,1-3H3. The van der Waals surface area contributed by atoms with Gasteiger partial charge in [0.25, 0.3) is 0 Å². The van der Waals surface area contributed by atoms with E-state index in [2.05, 4.69) is 5.32 Å². The van der Waals surface area contributed by atoms with Crippen molar-refractivity contribution >= 4 is 5.78 Å². The molecule has 0 fully saturated rings. The number of hydrogen-bond acceptors (Lipinski definition) is 2. The SMILES string of the molecule is CNC(Cc1ccc(-c2ccccc2C(F)(F)F)cc1)C(=O)C(C)C. The van der Waals surface area contributed by atoms with Gasteiger partial charge < -0.3 is 5.32 Å². The third-order valence-corrected chi connectivity index (χ3v) is 4.20. The molecule has 0 radical (unpaired) electrons. The van der Waals surface area contributed by atoms with E-state index in [1.165, 1.54) is 12.1 Å². The summed E-state index contributed by atoms with van der Waals surface area (Å²) in [5, 5.41) is 3.01. The molecule has 1 unspecified atom stereocenters. The van der Waals surface area contributed by atoms with Gasteiger partial charge in [0.1, 0.15) is 0 Å². The molecule has 2 rings (SSSR count). The minimum Gasteiger partial charge on any atom is -0.310 e. The van der Waals surface area contributed by atoms with Crippen LogP contribution in [0.15, 0.2) is 48.5 Å². The maximum atomic E-state index is 13.1. The van der Waals surface area contributed by atoms with Crippen molar-refractivity contribution < 1.29 is 18.0 Å². The Kier molecular flexibility index (Phi) is 6.01. The van der Waals surface area contributed by atoms with Crippen LogP contribution in [0, 0.1) is 5.92 Å². The Bertz CT molecular complexity index is 720. The van der Waals surface area contributed by atoms with Crippen LogP contribution in [0.2, 0.25) is 0 Å². The zero-order chi connectivity index (χ0) is 18.6. The number of hydrogen-bond donors (Lipinski definition) is 1. The fourth-order valence-corrected chi connectivity index (χ4v) is 2.79. The molecule has 25 heavy (non-hydrogen) atoms. The third kappa shape index (κ3) is 4.69. The summed E-state index contributed by atoms with van der Waals surface area (Å²) in [6.07, 6.45) is -3.88. The van der Waals surface area contributed by atoms with E-state index in [0.717, 1.165) is 11.6 Å². The number of likely N-dealkylation sites (N-methyl/N-ethyl adjacent to an activating group) is 1. The number of benzene rings is 2. The first-order valence-electron chi connectivity index (χ1n) is 8.20. The summed E-state index contributed by atoms with van der Waals surface area (Å²) in [7, 11) is 1.74. The highest BCUT2D eigenvalue weighted by Crippen LogP contribution is 2.36. The van der Waals surface area contributed by atoms with Gasteiger partial charge in [-0.1, -0.05) is 56.3 Å². The maximum Gasteiger partial charge on any atom is 0.417 e. The Balaban J connectivity index is 2.25. The monoisotopic (exact) mass is 349 g/mol. The lowest BCUT2D eigenvalue weighted by molar-refractivity contribution is -0.137. The Morgan fingerprint density at radius 2 is 1.64 bits per heavy atom. The molecule has 0 spiro atoms. The fraction of sp³-hybridized carbons (Fsp3) is 0.350. The predicted octanol–water partition coefficient (Wildman–Crippen LogP) is 4.73. The molecule has 2 aromatic rings. The van der Waals surface area contributed by atoms with Crippen molar-refractivity contribution in [3.8, 4) is 11.1 Å². The van der Waals surface area contributed by atoms with E-state index in [0.29, 0.717) is 12.0 Å². The number of alkyl halides is 3. The van der Waals surface area contributed by atoms with E-state index in [1.807, 2.05) is 13.8 Å². The number of ketones is 1. The van der Waals surface area contributed by atoms with Crippen molar-refractivity contribution in [3.05, 3.63) is 59.7 Å². The van der Waals surface area contributed by atoms with E-state index in [9.17, 15) is 18.0 Å². The fourth-order valence-electron chi connectivity index (χ4n) is 2.79. The Hall–Kier alpha value is -2.14. The molecule has 2 aromatic carbocycles. The van der Waals surface area contributed by atoms with Gasteiger partial charge in [-0.2, -0.15) is 13.2 Å². The van der Waals surface area contributed by atoms with Crippen molar-refractivity contribution in [2.75, 3.05) is 7.05 Å². The van der Waals surface area contributed by atoms with Crippen LogP contribution in [-0.2, 0) is 17.4 Å². The molecule has 0 saturated carbocycles. The van der Waals surface area contributed by atoms with Gasteiger partial charge in [-0.3, -0.25) is 4.79 Å². The summed E-state index contributed by atoms with van der Waals surface area (Å²) in [4.78, 5) is 12.1. The topological polar surface area (TPSA) is 29.1 Å². The van der Waals surface area contributed by atoms with Gasteiger partial charge in [-0.25, -0.2) is 0 Å². The summed E-state index contributed by atoms with van der Waals surface area (Å²) < 4.78 is 39.4. The summed E-state index contributed by atoms with van der Waals surface area (Å²) in [5.74, 6) is 0.0457. The van der Waals surface area contributed by atoms with Crippen LogP contribution in [0.1, 0.15) is 25.0 Å². The Labute approximate surface area is 146 Å². The van der Waals surface area contributed by atoms with Gasteiger partial charge >= 0.3 is 6.18 Å². The van der Waals surface area contributed by atoms with Gasteiger partial charge in [0.15, 0.2) is 5.78 Å². The number of halogens is 3. The number of nitrogens with one attached hydrogen (secondary N) is 1. The highest BCUT2D eigenvalue weighted by atomic mass is 19.4. The molecule has 0 saturated heterocycles. The lowest BCUT2D eigenvalue weighted by Crippen LogP contribution is -2.38. The molecule has 0 aliphatic carbocycles. The normalized spacial score (nSPS) is 13.1. The van der Waals surface area contributed by atoms with Crippen LogP contribution in [0.3, 0.4) is 0 Å². The first kappa shape index (κ1) is 19.2. The van der Waals surface area contributed by atoms with Crippen LogP contribution in [0.4, 0.5) is 13.2 Å². The van der Waals surface area contributed by atoms with Crippen molar-refractivity contribution in [1.29, 1.82) is 0 Å². The summed E-state index contributed by atoms with van der Waals surface area (Å²) >= 11 is 0. The van der Waals surface area contributed by atoms with Crippen LogP contribution >= 0.6 is 0 Å². The minimum atomic E-state index is -4.39. The van der Waals surface area contributed by atoms with Crippen molar-refractivity contribution in [2.24, 2.45) is 5.92 Å². The van der Waals surface area contributed by atoms with Crippen molar-refractivity contribution in [1.82, 2.24) is 5.32 Å². The van der Waals surface area contributed by atoms with Crippen LogP contribution in [0.25, 0.3) is 11.1 Å². The molecule has 0 aliphatic rings. The molecular formula is C20H22F3NO. The highest BCUT2D eigenvalue weighted by Gasteiger charge is 2.33. The average molecular weight is 349 g/mol. The zero-order valence-corrected chi connectivity index (χ0v) is 14.5. The lowest BCUT2D eigenvalue weighted by Gasteiger charge is -2.18. The Morgan fingerprint density at radius 3 is 2.16 bits per heavy atom. The summed E-state index contributed by atoms with van der Waals surface area (Å²) in [6, 6.07) is 12.1. The zero-order valence-electron chi connectivity index (χ0n) is 14.5. The number of rotatable bonds is 6. The predicted molar refractivity (Wildman–Crippen MR) is 93.3 cm³/mol. The second-order valence-electron chi connectivity index (χ2n) is 6.34. The third-order valence-electron chi connectivity index (χ3n) is 4.20. The van der Waals surface area contributed by atoms with Crippen LogP contribution in [-0.4, -0.2) is 18.9 Å². The maximum absolute atomic E-state index is 13.1. The van der Waals surface area contributed by atoms with Crippen molar-refractivity contribution in [2.45, 2.75) is 32.5 Å². The molecule has 0 aliphatic heterocycles. The minimum absolute atomic E-state index is 0.0737. The molecule has 1 atom stereocenters. The Morgan fingerprint density at radius 1 is 1.04 bits per heavy atom. The van der Waals surface area contributed by atoms with Crippen LogP contribution < -0.4 is 5.32 Å². The molecule has 0 amide bonds. The van der Waals surface area contributed by atoms with Gasteiger partial charge in [0.05, 0.1) is 11.6 Å². The quantitative estimate of drug-likeness (QED) is 0.817. The first-order valence-corrected chi connectivity index (χ1v) is 8.20. The van der Waals surface area contributed by atoms with Gasteiger partial charge in [0, 0.05) is 5.92 Å². The molecule has 5 heteroatoms. The largest absolute Gasteiger partial charge is 0.417 e. The van der Waals surface area contributed by atoms with E-state index >= 15 is 0 Å². The molecule has 134 valence electrons. The van der Waals surface area contributed by atoms with Gasteiger partial charge in [-0.05, 0) is 36.2 Å². The van der Waals surface area contributed by atoms with E-state index in [4.69, 9.17) is 0 Å². The molecule has 0 heterocycles. The molecule has 0 aromatic heterocycles. The molecule has 2 nitrogen and oxygen atoms in total. The van der Waals surface area contributed by atoms with E-state index < -0.39 is 11.7 Å². The van der Waals surface area contributed by atoms with Gasteiger partial charge in [-0.15, -0.1) is 0 Å². The average Bonchev–Trinajstić information content (AvgIpc) is 2.58. The van der Waals surface area contributed by atoms with E-state index in [1.54, 1.807) is 37.4 Å². The highest BCUT2D eigenvalue weighted by molar-refractivity contribution is 5.86. The van der Waals surface area contributed by atoms with Gasteiger partial charge in [0.2, 0.25) is 0 Å². The van der Waals surface area contributed by atoms with Crippen LogP contribution in [0.5, 0.6) is 0 Å². The van der Waals surface area contributed by atoms with Crippen molar-refractivity contribution in [3.63, 3.8) is 0 Å². The molecular weight excluding hydrogens is 327 g/mol. The first-order chi connectivity index (χ1) is 11.7. The van der Waals surface area contributed by atoms with E-state index in [-0.39, 0.29) is 23.3 Å². The smallest absolute Gasteiger partial charge is 0.310 e. The number of Topliss-reactive ketones (excluding diaryl/α,β-unsaturated/α-hetero) is 1.